The lowest BCUT2D eigenvalue weighted by Gasteiger charge is -2.31. The van der Waals surface area contributed by atoms with Crippen molar-refractivity contribution in [2.45, 2.75) is 19.4 Å². The molecule has 1 unspecified atom stereocenters. The number of aryl methyl sites for hydroxylation is 1. The molecule has 0 aliphatic carbocycles. The molecule has 94 valence electrons. The van der Waals surface area contributed by atoms with Gasteiger partial charge in [-0.25, -0.2) is 4.98 Å². The maximum atomic E-state index is 11.8. The van der Waals surface area contributed by atoms with E-state index in [0.717, 1.165) is 39.6 Å². The average Bonchev–Trinajstić information content (AvgIpc) is 2.33. The number of rotatable bonds is 2. The fourth-order valence-corrected chi connectivity index (χ4v) is 3.75. The van der Waals surface area contributed by atoms with E-state index in [1.807, 2.05) is 18.7 Å². The third kappa shape index (κ3) is 2.85. The molecule has 1 N–H and O–H groups in total. The van der Waals surface area contributed by atoms with E-state index in [1.165, 1.54) is 0 Å². The highest BCUT2D eigenvalue weighted by Gasteiger charge is 2.24. The highest BCUT2D eigenvalue weighted by Crippen LogP contribution is 2.25. The molecule has 4 nitrogen and oxygen atoms in total. The van der Waals surface area contributed by atoms with Gasteiger partial charge in [0.05, 0.1) is 15.3 Å². The first-order valence-electron chi connectivity index (χ1n) is 5.70. The Morgan fingerprint density at radius 3 is 3.06 bits per heavy atom. The molecular weight excluding hydrogens is 349 g/mol. The van der Waals surface area contributed by atoms with Crippen molar-refractivity contribution in [1.29, 1.82) is 0 Å². The second kappa shape index (κ2) is 5.71. The first-order valence-corrected chi connectivity index (χ1v) is 7.93. The summed E-state index contributed by atoms with van der Waals surface area (Å²) >= 11 is 3.99. The van der Waals surface area contributed by atoms with Crippen LogP contribution < -0.4 is 5.56 Å². The molecule has 0 aromatic carbocycles. The number of aromatic nitrogens is 2. The zero-order valence-electron chi connectivity index (χ0n) is 9.99. The van der Waals surface area contributed by atoms with E-state index in [4.69, 9.17) is 0 Å². The van der Waals surface area contributed by atoms with Crippen LogP contribution >= 0.6 is 34.4 Å². The van der Waals surface area contributed by atoms with Gasteiger partial charge in [0.2, 0.25) is 0 Å². The molecule has 0 saturated carbocycles. The lowest BCUT2D eigenvalue weighted by atomic mass is 10.2. The zero-order chi connectivity index (χ0) is 12.4. The molecule has 6 heteroatoms. The van der Waals surface area contributed by atoms with Gasteiger partial charge in [-0.15, -0.1) is 0 Å². The van der Waals surface area contributed by atoms with Crippen molar-refractivity contribution >= 4 is 34.4 Å². The van der Waals surface area contributed by atoms with E-state index >= 15 is 0 Å². The number of hydrogen-bond acceptors (Lipinski definition) is 4. The Bertz CT molecular complexity index is 463. The summed E-state index contributed by atoms with van der Waals surface area (Å²) in [6.45, 7) is 3.08. The standard InChI is InChI=1S/C11H16IN3OS/c1-3-7-9(12)11(16)14-10(13-7)8-6-17-5-4-15(8)2/h8H,3-6H2,1-2H3,(H,13,14,16). The number of H-pyrrole nitrogens is 1. The van der Waals surface area contributed by atoms with Crippen molar-refractivity contribution in [3.05, 3.63) is 25.4 Å². The molecule has 1 aromatic heterocycles. The van der Waals surface area contributed by atoms with E-state index in [1.54, 1.807) is 0 Å². The summed E-state index contributed by atoms with van der Waals surface area (Å²) in [6.07, 6.45) is 0.804. The minimum Gasteiger partial charge on any atom is -0.308 e. The van der Waals surface area contributed by atoms with Gasteiger partial charge in [0, 0.05) is 18.1 Å². The number of halogens is 1. The Morgan fingerprint density at radius 1 is 1.65 bits per heavy atom. The highest BCUT2D eigenvalue weighted by atomic mass is 127. The molecule has 0 radical (unpaired) electrons. The van der Waals surface area contributed by atoms with Crippen LogP contribution in [0.5, 0.6) is 0 Å². The van der Waals surface area contributed by atoms with Gasteiger partial charge in [-0.3, -0.25) is 9.69 Å². The summed E-state index contributed by atoms with van der Waals surface area (Å²) in [4.78, 5) is 21.6. The van der Waals surface area contributed by atoms with Gasteiger partial charge in [-0.1, -0.05) is 6.92 Å². The van der Waals surface area contributed by atoms with Gasteiger partial charge >= 0.3 is 0 Å². The summed E-state index contributed by atoms with van der Waals surface area (Å²) in [5.41, 5.74) is 0.907. The lowest BCUT2D eigenvalue weighted by Crippen LogP contribution is -2.35. The van der Waals surface area contributed by atoms with Gasteiger partial charge < -0.3 is 4.98 Å². The van der Waals surface area contributed by atoms with Gasteiger partial charge in [0.15, 0.2) is 0 Å². The van der Waals surface area contributed by atoms with Crippen LogP contribution in [0.3, 0.4) is 0 Å². The van der Waals surface area contributed by atoms with E-state index in [-0.39, 0.29) is 11.6 Å². The second-order valence-corrected chi connectivity index (χ2v) is 6.37. The number of nitrogens with zero attached hydrogens (tertiary/aromatic N) is 2. The quantitative estimate of drug-likeness (QED) is 0.810. The molecule has 1 aliphatic rings. The van der Waals surface area contributed by atoms with E-state index in [2.05, 4.69) is 44.5 Å². The van der Waals surface area contributed by atoms with Crippen molar-refractivity contribution < 1.29 is 0 Å². The van der Waals surface area contributed by atoms with Crippen molar-refractivity contribution in [1.82, 2.24) is 14.9 Å². The predicted molar refractivity (Wildman–Crippen MR) is 79.6 cm³/mol. The maximum absolute atomic E-state index is 11.8. The fraction of sp³-hybridized carbons (Fsp3) is 0.636. The van der Waals surface area contributed by atoms with Crippen molar-refractivity contribution in [2.75, 3.05) is 25.1 Å². The Labute approximate surface area is 119 Å². The Hall–Kier alpha value is -0.0800. The summed E-state index contributed by atoms with van der Waals surface area (Å²) < 4.78 is 0.722. The number of nitrogens with one attached hydrogen (secondary N) is 1. The van der Waals surface area contributed by atoms with Gasteiger partial charge in [0.25, 0.3) is 5.56 Å². The van der Waals surface area contributed by atoms with E-state index in [9.17, 15) is 4.79 Å². The van der Waals surface area contributed by atoms with Crippen LogP contribution in [0.15, 0.2) is 4.79 Å². The molecule has 2 heterocycles. The Kier molecular flexibility index (Phi) is 4.48. The number of thioether (sulfide) groups is 1. The van der Waals surface area contributed by atoms with E-state index in [0.29, 0.717) is 0 Å². The van der Waals surface area contributed by atoms with Crippen LogP contribution in [-0.4, -0.2) is 40.0 Å². The Balaban J connectivity index is 2.38. The maximum Gasteiger partial charge on any atom is 0.264 e. The predicted octanol–water partition coefficient (Wildman–Crippen LogP) is 1.66. The number of hydrogen-bond donors (Lipinski definition) is 1. The third-order valence-electron chi connectivity index (χ3n) is 3.00. The van der Waals surface area contributed by atoms with Crippen molar-refractivity contribution in [2.24, 2.45) is 0 Å². The third-order valence-corrected chi connectivity index (χ3v) is 5.13. The van der Waals surface area contributed by atoms with Crippen LogP contribution in [0.2, 0.25) is 0 Å². The summed E-state index contributed by atoms with van der Waals surface area (Å²) in [5, 5.41) is 0. The number of aromatic amines is 1. The molecule has 1 aliphatic heterocycles. The molecule has 0 bridgehead atoms. The minimum absolute atomic E-state index is 0.00331. The fourth-order valence-electron chi connectivity index (χ4n) is 1.89. The second-order valence-electron chi connectivity index (χ2n) is 4.14. The normalized spacial score (nSPS) is 21.7. The summed E-state index contributed by atoms with van der Waals surface area (Å²) in [5.74, 6) is 2.98. The average molecular weight is 365 g/mol. The lowest BCUT2D eigenvalue weighted by molar-refractivity contribution is 0.263. The van der Waals surface area contributed by atoms with Crippen LogP contribution in [0.1, 0.15) is 24.5 Å². The first kappa shape index (κ1) is 13.4. The van der Waals surface area contributed by atoms with Crippen LogP contribution in [0.25, 0.3) is 0 Å². The molecule has 1 saturated heterocycles. The molecule has 1 atom stereocenters. The molecule has 0 spiro atoms. The molecule has 0 amide bonds. The highest BCUT2D eigenvalue weighted by molar-refractivity contribution is 14.1. The van der Waals surface area contributed by atoms with Gasteiger partial charge in [-0.2, -0.15) is 11.8 Å². The Morgan fingerprint density at radius 2 is 2.41 bits per heavy atom. The zero-order valence-corrected chi connectivity index (χ0v) is 13.0. The molecular formula is C11H16IN3OS. The van der Waals surface area contributed by atoms with Gasteiger partial charge in [0.1, 0.15) is 5.82 Å². The smallest absolute Gasteiger partial charge is 0.264 e. The van der Waals surface area contributed by atoms with Crippen molar-refractivity contribution in [3.63, 3.8) is 0 Å². The van der Waals surface area contributed by atoms with Crippen LogP contribution in [-0.2, 0) is 6.42 Å². The largest absolute Gasteiger partial charge is 0.308 e. The minimum atomic E-state index is -0.00331. The first-order chi connectivity index (χ1) is 8.13. The summed E-state index contributed by atoms with van der Waals surface area (Å²) in [6, 6.07) is 0.240. The SMILES string of the molecule is CCc1nc(C2CSCCN2C)[nH]c(=O)c1I. The topological polar surface area (TPSA) is 49.0 Å². The van der Waals surface area contributed by atoms with Gasteiger partial charge in [-0.05, 0) is 36.1 Å². The monoisotopic (exact) mass is 365 g/mol. The van der Waals surface area contributed by atoms with Crippen molar-refractivity contribution in [3.8, 4) is 0 Å². The molecule has 17 heavy (non-hydrogen) atoms. The van der Waals surface area contributed by atoms with E-state index < -0.39 is 0 Å². The molecule has 2 rings (SSSR count). The van der Waals surface area contributed by atoms with Crippen LogP contribution in [0.4, 0.5) is 0 Å². The molecule has 1 aromatic rings. The molecule has 1 fully saturated rings. The van der Waals surface area contributed by atoms with Crippen LogP contribution in [0, 0.1) is 3.57 Å². The summed E-state index contributed by atoms with van der Waals surface area (Å²) in [7, 11) is 2.09.